The number of alkyl halides is 3. The zero-order chi connectivity index (χ0) is 15.0. The second-order valence-corrected chi connectivity index (χ2v) is 4.87. The average Bonchev–Trinajstić information content (AvgIpc) is 2.89. The van der Waals surface area contributed by atoms with Crippen LogP contribution in [-0.4, -0.2) is 10.7 Å². The number of rotatable bonds is 1. The molecule has 0 radical (unpaired) electrons. The van der Waals surface area contributed by atoms with Gasteiger partial charge in [-0.1, -0.05) is 6.08 Å². The highest BCUT2D eigenvalue weighted by Crippen LogP contribution is 2.37. The largest absolute Gasteiger partial charge is 0.414 e. The first kappa shape index (κ1) is 13.5. The predicted molar refractivity (Wildman–Crippen MR) is 74.3 cm³/mol. The predicted octanol–water partition coefficient (Wildman–Crippen LogP) is 4.64. The van der Waals surface area contributed by atoms with Crippen LogP contribution in [0.1, 0.15) is 18.4 Å². The van der Waals surface area contributed by atoms with Crippen molar-refractivity contribution in [2.45, 2.75) is 19.0 Å². The summed E-state index contributed by atoms with van der Waals surface area (Å²) in [6.07, 6.45) is 0.942. The van der Waals surface area contributed by atoms with Crippen molar-refractivity contribution < 1.29 is 13.2 Å². The zero-order valence-corrected chi connectivity index (χ0v) is 11.0. The van der Waals surface area contributed by atoms with E-state index in [1.54, 1.807) is 36.5 Å². The summed E-state index contributed by atoms with van der Waals surface area (Å²) in [5.41, 5.74) is 0.807. The SMILES string of the molecule is N#Cc1ccc2c(ccn2C2=C(C(F)(F)F)CCC=C2)c1. The third kappa shape index (κ3) is 2.33. The van der Waals surface area contributed by atoms with Gasteiger partial charge in [-0.2, -0.15) is 18.4 Å². The first-order valence-corrected chi connectivity index (χ1v) is 6.49. The third-order valence-electron chi connectivity index (χ3n) is 3.57. The number of nitrogens with zero attached hydrogens (tertiary/aromatic N) is 2. The fraction of sp³-hybridized carbons (Fsp3) is 0.188. The van der Waals surface area contributed by atoms with Crippen LogP contribution in [0, 0.1) is 11.3 Å². The van der Waals surface area contributed by atoms with Gasteiger partial charge in [0.05, 0.1) is 28.4 Å². The molecule has 0 saturated heterocycles. The van der Waals surface area contributed by atoms with Crippen molar-refractivity contribution in [1.29, 1.82) is 5.26 Å². The van der Waals surface area contributed by atoms with Gasteiger partial charge in [0.2, 0.25) is 0 Å². The molecule has 106 valence electrons. The molecule has 21 heavy (non-hydrogen) atoms. The Bertz CT molecular complexity index is 801. The average molecular weight is 288 g/mol. The molecule has 0 spiro atoms. The Morgan fingerprint density at radius 2 is 2.00 bits per heavy atom. The Hall–Kier alpha value is -2.48. The highest BCUT2D eigenvalue weighted by Gasteiger charge is 2.36. The second-order valence-electron chi connectivity index (χ2n) is 4.87. The smallest absolute Gasteiger partial charge is 0.316 e. The normalized spacial score (nSPS) is 15.5. The van der Waals surface area contributed by atoms with Crippen molar-refractivity contribution in [2.24, 2.45) is 0 Å². The maximum absolute atomic E-state index is 13.2. The molecule has 0 atom stereocenters. The minimum atomic E-state index is -4.33. The maximum atomic E-state index is 13.2. The molecule has 1 heterocycles. The lowest BCUT2D eigenvalue weighted by atomic mass is 10.0. The van der Waals surface area contributed by atoms with Gasteiger partial charge < -0.3 is 4.57 Å². The van der Waals surface area contributed by atoms with Crippen molar-refractivity contribution in [2.75, 3.05) is 0 Å². The molecular weight excluding hydrogens is 277 g/mol. The first-order chi connectivity index (χ1) is 10.0. The number of hydrogen-bond acceptors (Lipinski definition) is 1. The van der Waals surface area contributed by atoms with E-state index in [0.717, 1.165) is 5.39 Å². The van der Waals surface area contributed by atoms with Gasteiger partial charge in [0, 0.05) is 11.6 Å². The Labute approximate surface area is 119 Å². The van der Waals surface area contributed by atoms with Gasteiger partial charge in [-0.3, -0.25) is 0 Å². The number of fused-ring (bicyclic) bond motifs is 1. The lowest BCUT2D eigenvalue weighted by Crippen LogP contribution is -2.17. The number of hydrogen-bond donors (Lipinski definition) is 0. The highest BCUT2D eigenvalue weighted by atomic mass is 19.4. The number of benzene rings is 1. The summed E-state index contributed by atoms with van der Waals surface area (Å²) in [5, 5.41) is 9.63. The third-order valence-corrected chi connectivity index (χ3v) is 3.57. The maximum Gasteiger partial charge on any atom is 0.414 e. The van der Waals surface area contributed by atoms with Gasteiger partial charge in [0.25, 0.3) is 0 Å². The highest BCUT2D eigenvalue weighted by molar-refractivity contribution is 5.86. The molecule has 0 N–H and O–H groups in total. The molecule has 0 amide bonds. The van der Waals surface area contributed by atoms with Crippen LogP contribution in [0.3, 0.4) is 0 Å². The van der Waals surface area contributed by atoms with E-state index in [1.807, 2.05) is 6.07 Å². The van der Waals surface area contributed by atoms with Crippen LogP contribution in [0.15, 0.2) is 48.2 Å². The quantitative estimate of drug-likeness (QED) is 0.751. The summed E-state index contributed by atoms with van der Waals surface area (Å²) in [6, 6.07) is 8.71. The molecule has 0 fully saturated rings. The van der Waals surface area contributed by atoms with Crippen molar-refractivity contribution in [3.8, 4) is 6.07 Å². The molecular formula is C16H11F3N2. The molecule has 3 rings (SSSR count). The van der Waals surface area contributed by atoms with Gasteiger partial charge in [0.1, 0.15) is 0 Å². The van der Waals surface area contributed by atoms with Gasteiger partial charge in [-0.15, -0.1) is 0 Å². The molecule has 5 heteroatoms. The Balaban J connectivity index is 2.22. The summed E-state index contributed by atoms with van der Waals surface area (Å²) in [6.45, 7) is 0. The standard InChI is InChI=1S/C16H11F3N2/c17-16(18,19)13-3-1-2-4-15(13)21-8-7-12-9-11(10-20)5-6-14(12)21/h2,4-9H,1,3H2. The van der Waals surface area contributed by atoms with Crippen molar-refractivity contribution in [3.05, 3.63) is 53.8 Å². The van der Waals surface area contributed by atoms with E-state index >= 15 is 0 Å². The Morgan fingerprint density at radius 1 is 1.19 bits per heavy atom. The summed E-state index contributed by atoms with van der Waals surface area (Å²) in [4.78, 5) is 0. The molecule has 1 aliphatic carbocycles. The van der Waals surface area contributed by atoms with E-state index in [9.17, 15) is 13.2 Å². The molecule has 1 aromatic carbocycles. The second kappa shape index (κ2) is 4.81. The molecule has 1 aromatic heterocycles. The Morgan fingerprint density at radius 3 is 2.71 bits per heavy atom. The fourth-order valence-electron chi connectivity index (χ4n) is 2.59. The number of aromatic nitrogens is 1. The van der Waals surface area contributed by atoms with Crippen LogP contribution in [0.5, 0.6) is 0 Å². The molecule has 2 nitrogen and oxygen atoms in total. The summed E-state index contributed by atoms with van der Waals surface area (Å²) in [7, 11) is 0. The van der Waals surface area contributed by atoms with Gasteiger partial charge in [-0.05, 0) is 43.2 Å². The van der Waals surface area contributed by atoms with Gasteiger partial charge in [-0.25, -0.2) is 0 Å². The number of halogens is 3. The fourth-order valence-corrected chi connectivity index (χ4v) is 2.59. The van der Waals surface area contributed by atoms with Crippen molar-refractivity contribution in [1.82, 2.24) is 4.57 Å². The van der Waals surface area contributed by atoms with Crippen LogP contribution in [0.25, 0.3) is 16.6 Å². The Kier molecular flexibility index (Phi) is 3.09. The molecule has 2 aromatic rings. The first-order valence-electron chi connectivity index (χ1n) is 6.49. The van der Waals surface area contributed by atoms with Crippen LogP contribution < -0.4 is 0 Å². The summed E-state index contributed by atoms with van der Waals surface area (Å²) in [5.74, 6) is 0. The molecule has 1 aliphatic rings. The van der Waals surface area contributed by atoms with E-state index in [1.165, 1.54) is 10.6 Å². The number of nitriles is 1. The van der Waals surface area contributed by atoms with E-state index in [0.29, 0.717) is 17.5 Å². The molecule has 0 saturated carbocycles. The topological polar surface area (TPSA) is 28.7 Å². The van der Waals surface area contributed by atoms with E-state index in [-0.39, 0.29) is 12.1 Å². The van der Waals surface area contributed by atoms with E-state index in [2.05, 4.69) is 0 Å². The molecule has 0 unspecified atom stereocenters. The van der Waals surface area contributed by atoms with Gasteiger partial charge >= 0.3 is 6.18 Å². The van der Waals surface area contributed by atoms with Gasteiger partial charge in [0.15, 0.2) is 0 Å². The van der Waals surface area contributed by atoms with Crippen LogP contribution in [-0.2, 0) is 0 Å². The summed E-state index contributed by atoms with van der Waals surface area (Å²) >= 11 is 0. The van der Waals surface area contributed by atoms with Crippen LogP contribution in [0.2, 0.25) is 0 Å². The van der Waals surface area contributed by atoms with Crippen LogP contribution in [0.4, 0.5) is 13.2 Å². The molecule has 0 bridgehead atoms. The molecule has 0 aliphatic heterocycles. The number of allylic oxidation sites excluding steroid dienone is 4. The summed E-state index contributed by atoms with van der Waals surface area (Å²) < 4.78 is 41.0. The van der Waals surface area contributed by atoms with Crippen molar-refractivity contribution in [3.63, 3.8) is 0 Å². The lowest BCUT2D eigenvalue weighted by Gasteiger charge is -2.20. The van der Waals surface area contributed by atoms with Crippen molar-refractivity contribution >= 4 is 16.6 Å². The lowest BCUT2D eigenvalue weighted by molar-refractivity contribution is -0.0936. The minimum Gasteiger partial charge on any atom is -0.316 e. The monoisotopic (exact) mass is 288 g/mol. The van der Waals surface area contributed by atoms with Crippen LogP contribution >= 0.6 is 0 Å². The van der Waals surface area contributed by atoms with E-state index < -0.39 is 11.7 Å². The van der Waals surface area contributed by atoms with E-state index in [4.69, 9.17) is 5.26 Å². The zero-order valence-electron chi connectivity index (χ0n) is 11.0. The minimum absolute atomic E-state index is 0.00865.